The van der Waals surface area contributed by atoms with Gasteiger partial charge in [0.2, 0.25) is 5.91 Å². The normalized spacial score (nSPS) is 15.6. The minimum Gasteiger partial charge on any atom is -0.368 e. The molecule has 4 heteroatoms. The number of aryl methyl sites for hydroxylation is 1. The summed E-state index contributed by atoms with van der Waals surface area (Å²) in [5.41, 5.74) is 2.43. The smallest absolute Gasteiger partial charge is 0.222 e. The third-order valence-corrected chi connectivity index (χ3v) is 4.11. The average molecular weight is 295 g/mol. The Morgan fingerprint density at radius 2 is 1.95 bits per heavy atom. The van der Waals surface area contributed by atoms with E-state index in [-0.39, 0.29) is 0 Å². The number of unbranched alkanes of at least 4 members (excludes halogenated alkanes) is 1. The van der Waals surface area contributed by atoms with E-state index in [1.807, 2.05) is 17.0 Å². The van der Waals surface area contributed by atoms with Gasteiger partial charge < -0.3 is 9.80 Å². The summed E-state index contributed by atoms with van der Waals surface area (Å²) in [6.45, 7) is 7.66. The first-order chi connectivity index (χ1) is 9.61. The van der Waals surface area contributed by atoms with Crippen LogP contribution in [0.4, 0.5) is 5.69 Å². The molecule has 0 atom stereocenters. The molecule has 1 heterocycles. The lowest BCUT2D eigenvalue weighted by Crippen LogP contribution is -2.48. The number of carbonyl (C=O) groups is 1. The second-order valence-corrected chi connectivity index (χ2v) is 5.84. The fourth-order valence-corrected chi connectivity index (χ4v) is 2.88. The van der Waals surface area contributed by atoms with Crippen molar-refractivity contribution in [2.75, 3.05) is 31.1 Å². The second-order valence-electron chi connectivity index (χ2n) is 5.40. The Kier molecular flexibility index (Phi) is 5.30. The number of amides is 1. The number of nitrogens with zero attached hydrogens (tertiary/aromatic N) is 2. The highest BCUT2D eigenvalue weighted by atomic mass is 35.5. The van der Waals surface area contributed by atoms with Crippen LogP contribution in [0.2, 0.25) is 5.02 Å². The average Bonchev–Trinajstić information content (AvgIpc) is 2.45. The summed E-state index contributed by atoms with van der Waals surface area (Å²) in [6, 6.07) is 6.00. The molecular weight excluding hydrogens is 272 g/mol. The van der Waals surface area contributed by atoms with E-state index in [0.717, 1.165) is 44.0 Å². The lowest BCUT2D eigenvalue weighted by molar-refractivity contribution is -0.131. The van der Waals surface area contributed by atoms with Gasteiger partial charge >= 0.3 is 0 Å². The van der Waals surface area contributed by atoms with E-state index >= 15 is 0 Å². The first-order valence-electron chi connectivity index (χ1n) is 7.40. The number of carbonyl (C=O) groups excluding carboxylic acids is 1. The van der Waals surface area contributed by atoms with Crippen LogP contribution in [-0.2, 0) is 4.79 Å². The zero-order chi connectivity index (χ0) is 14.5. The number of piperazine rings is 1. The third-order valence-electron chi connectivity index (χ3n) is 3.88. The minimum atomic E-state index is 0.305. The van der Waals surface area contributed by atoms with Crippen molar-refractivity contribution in [3.63, 3.8) is 0 Å². The van der Waals surface area contributed by atoms with Crippen molar-refractivity contribution in [2.24, 2.45) is 0 Å². The maximum absolute atomic E-state index is 12.0. The minimum absolute atomic E-state index is 0.305. The van der Waals surface area contributed by atoms with E-state index < -0.39 is 0 Å². The molecule has 0 saturated carbocycles. The Morgan fingerprint density at radius 1 is 1.25 bits per heavy atom. The van der Waals surface area contributed by atoms with Gasteiger partial charge in [0.1, 0.15) is 0 Å². The Labute approximate surface area is 126 Å². The summed E-state index contributed by atoms with van der Waals surface area (Å²) in [5, 5.41) is 0.777. The molecule has 1 saturated heterocycles. The molecule has 0 unspecified atom stereocenters. The molecule has 1 amide bonds. The summed E-state index contributed by atoms with van der Waals surface area (Å²) in [6.07, 6.45) is 2.77. The molecule has 1 aliphatic rings. The zero-order valence-corrected chi connectivity index (χ0v) is 13.1. The highest BCUT2D eigenvalue weighted by Crippen LogP contribution is 2.24. The van der Waals surface area contributed by atoms with E-state index in [4.69, 9.17) is 11.6 Å². The number of benzene rings is 1. The Bertz CT molecular complexity index is 468. The van der Waals surface area contributed by atoms with Gasteiger partial charge in [-0.1, -0.05) is 24.9 Å². The summed E-state index contributed by atoms with van der Waals surface area (Å²) < 4.78 is 0. The van der Waals surface area contributed by atoms with Crippen LogP contribution in [-0.4, -0.2) is 37.0 Å². The van der Waals surface area contributed by atoms with Crippen molar-refractivity contribution in [3.05, 3.63) is 28.8 Å². The van der Waals surface area contributed by atoms with Gasteiger partial charge in [0, 0.05) is 43.3 Å². The monoisotopic (exact) mass is 294 g/mol. The van der Waals surface area contributed by atoms with Crippen LogP contribution in [0.1, 0.15) is 31.7 Å². The maximum Gasteiger partial charge on any atom is 0.222 e. The largest absolute Gasteiger partial charge is 0.368 e. The van der Waals surface area contributed by atoms with Crippen LogP contribution in [0, 0.1) is 6.92 Å². The SMILES string of the molecule is CCCCC(=O)N1CCN(c2ccc(Cl)cc2C)CC1. The van der Waals surface area contributed by atoms with Gasteiger partial charge in [-0.2, -0.15) is 0 Å². The molecule has 1 fully saturated rings. The van der Waals surface area contributed by atoms with Crippen molar-refractivity contribution >= 4 is 23.2 Å². The molecule has 0 aromatic heterocycles. The van der Waals surface area contributed by atoms with Crippen LogP contribution >= 0.6 is 11.6 Å². The first kappa shape index (κ1) is 15.2. The van der Waals surface area contributed by atoms with E-state index in [0.29, 0.717) is 12.3 Å². The zero-order valence-electron chi connectivity index (χ0n) is 12.4. The summed E-state index contributed by atoms with van der Waals surface area (Å²) in [5.74, 6) is 0.305. The molecule has 0 radical (unpaired) electrons. The van der Waals surface area contributed by atoms with Gasteiger partial charge in [-0.25, -0.2) is 0 Å². The predicted octanol–water partition coefficient (Wildman–Crippen LogP) is 3.49. The van der Waals surface area contributed by atoms with Crippen LogP contribution < -0.4 is 4.90 Å². The molecule has 1 aromatic carbocycles. The highest BCUT2D eigenvalue weighted by molar-refractivity contribution is 6.30. The van der Waals surface area contributed by atoms with Crippen LogP contribution in [0.25, 0.3) is 0 Å². The summed E-state index contributed by atoms with van der Waals surface area (Å²) >= 11 is 6.00. The molecule has 0 spiro atoms. The topological polar surface area (TPSA) is 23.6 Å². The molecule has 3 nitrogen and oxygen atoms in total. The number of hydrogen-bond acceptors (Lipinski definition) is 2. The second kappa shape index (κ2) is 6.98. The van der Waals surface area contributed by atoms with Gasteiger partial charge in [-0.3, -0.25) is 4.79 Å². The Morgan fingerprint density at radius 3 is 2.55 bits per heavy atom. The highest BCUT2D eigenvalue weighted by Gasteiger charge is 2.21. The molecule has 110 valence electrons. The molecular formula is C16H23ClN2O. The number of rotatable bonds is 4. The van der Waals surface area contributed by atoms with Crippen LogP contribution in [0.15, 0.2) is 18.2 Å². The summed E-state index contributed by atoms with van der Waals surface area (Å²) in [7, 11) is 0. The van der Waals surface area contributed by atoms with Gasteiger partial charge in [-0.05, 0) is 37.1 Å². The third kappa shape index (κ3) is 3.66. The van der Waals surface area contributed by atoms with Crippen molar-refractivity contribution < 1.29 is 4.79 Å². The molecule has 2 rings (SSSR count). The van der Waals surface area contributed by atoms with Gasteiger partial charge in [-0.15, -0.1) is 0 Å². The lowest BCUT2D eigenvalue weighted by Gasteiger charge is -2.37. The van der Waals surface area contributed by atoms with E-state index in [1.165, 1.54) is 11.3 Å². The Balaban J connectivity index is 1.92. The van der Waals surface area contributed by atoms with Crippen molar-refractivity contribution in [2.45, 2.75) is 33.1 Å². The van der Waals surface area contributed by atoms with E-state index in [9.17, 15) is 4.79 Å². The number of anilines is 1. The lowest BCUT2D eigenvalue weighted by atomic mass is 10.1. The Hall–Kier alpha value is -1.22. The van der Waals surface area contributed by atoms with Crippen LogP contribution in [0.3, 0.4) is 0 Å². The van der Waals surface area contributed by atoms with Gasteiger partial charge in [0.15, 0.2) is 0 Å². The molecule has 20 heavy (non-hydrogen) atoms. The van der Waals surface area contributed by atoms with Crippen molar-refractivity contribution in [1.82, 2.24) is 4.90 Å². The molecule has 0 N–H and O–H groups in total. The summed E-state index contributed by atoms with van der Waals surface area (Å²) in [4.78, 5) is 16.3. The van der Waals surface area contributed by atoms with Crippen molar-refractivity contribution in [3.8, 4) is 0 Å². The quantitative estimate of drug-likeness (QED) is 0.849. The maximum atomic E-state index is 12.0. The molecule has 1 aliphatic heterocycles. The van der Waals surface area contributed by atoms with Gasteiger partial charge in [0.05, 0.1) is 0 Å². The number of hydrogen-bond donors (Lipinski definition) is 0. The number of halogens is 1. The molecule has 1 aromatic rings. The fourth-order valence-electron chi connectivity index (χ4n) is 2.66. The van der Waals surface area contributed by atoms with Crippen molar-refractivity contribution in [1.29, 1.82) is 0 Å². The van der Waals surface area contributed by atoms with E-state index in [1.54, 1.807) is 0 Å². The first-order valence-corrected chi connectivity index (χ1v) is 7.78. The molecule has 0 aliphatic carbocycles. The van der Waals surface area contributed by atoms with Gasteiger partial charge in [0.25, 0.3) is 0 Å². The standard InChI is InChI=1S/C16H23ClN2O/c1-3-4-5-16(20)19-10-8-18(9-11-19)15-7-6-14(17)12-13(15)2/h6-7,12H,3-5,8-11H2,1-2H3. The predicted molar refractivity (Wildman–Crippen MR) is 84.5 cm³/mol. The fraction of sp³-hybridized carbons (Fsp3) is 0.562. The van der Waals surface area contributed by atoms with Crippen LogP contribution in [0.5, 0.6) is 0 Å². The van der Waals surface area contributed by atoms with E-state index in [2.05, 4.69) is 24.8 Å². The molecule has 0 bridgehead atoms.